The van der Waals surface area contributed by atoms with E-state index in [1.54, 1.807) is 11.3 Å². The fraction of sp³-hybridized carbons (Fsp3) is 0.474. The van der Waals surface area contributed by atoms with Gasteiger partial charge in [-0.05, 0) is 32.4 Å². The fourth-order valence-corrected chi connectivity index (χ4v) is 3.37. The number of para-hydroxylation sites is 1. The van der Waals surface area contributed by atoms with Crippen molar-refractivity contribution < 1.29 is 0 Å². The molecule has 1 N–H and O–H groups in total. The minimum Gasteiger partial charge on any atom is -0.372 e. The van der Waals surface area contributed by atoms with Crippen LogP contribution in [-0.4, -0.2) is 49.6 Å². The van der Waals surface area contributed by atoms with Crippen LogP contribution in [0.3, 0.4) is 0 Å². The Morgan fingerprint density at radius 1 is 1.27 bits per heavy atom. The molecule has 0 fully saturated rings. The first-order valence-corrected chi connectivity index (χ1v) is 9.64. The van der Waals surface area contributed by atoms with Gasteiger partial charge in [0, 0.05) is 44.8 Å². The van der Waals surface area contributed by atoms with E-state index in [9.17, 15) is 0 Å². The third kappa shape index (κ3) is 7.11. The zero-order chi connectivity index (χ0) is 18.1. The number of hydrogen-bond acceptors (Lipinski definition) is 4. The molecule has 7 heteroatoms. The second-order valence-corrected chi connectivity index (χ2v) is 7.02. The number of rotatable bonds is 8. The molecule has 26 heavy (non-hydrogen) atoms. The Morgan fingerprint density at radius 3 is 2.58 bits per heavy atom. The molecule has 2 rings (SSSR count). The van der Waals surface area contributed by atoms with E-state index in [1.807, 2.05) is 21.0 Å². The van der Waals surface area contributed by atoms with Crippen LogP contribution in [0, 0.1) is 6.92 Å². The lowest BCUT2D eigenvalue weighted by atomic mass is 10.2. The molecule has 144 valence electrons. The van der Waals surface area contributed by atoms with Crippen LogP contribution in [-0.2, 0) is 6.54 Å². The van der Waals surface area contributed by atoms with Crippen LogP contribution in [0.5, 0.6) is 0 Å². The fourth-order valence-electron chi connectivity index (χ4n) is 2.76. The summed E-state index contributed by atoms with van der Waals surface area (Å²) >= 11 is 1.69. The van der Waals surface area contributed by atoms with E-state index in [2.05, 4.69) is 67.7 Å². The van der Waals surface area contributed by atoms with Crippen molar-refractivity contribution in [1.82, 2.24) is 15.2 Å². The molecular weight excluding hydrogens is 457 g/mol. The standard InChI is InChI=1S/C19H29N5S.HI/c1-5-24(18-10-7-6-8-11-18)13-9-12-21-19(20-3)23(4)14-17-15-25-16(2)22-17;/h6-8,10-11,15H,5,9,12-14H2,1-4H3,(H,20,21);1H. The molecule has 1 aromatic heterocycles. The van der Waals surface area contributed by atoms with E-state index in [0.717, 1.165) is 49.3 Å². The minimum atomic E-state index is 0. The lowest BCUT2D eigenvalue weighted by molar-refractivity contribution is 0.470. The van der Waals surface area contributed by atoms with Gasteiger partial charge in [0.25, 0.3) is 0 Å². The second-order valence-electron chi connectivity index (χ2n) is 5.96. The summed E-state index contributed by atoms with van der Waals surface area (Å²) in [6.07, 6.45) is 1.06. The van der Waals surface area contributed by atoms with Crippen molar-refractivity contribution in [1.29, 1.82) is 0 Å². The maximum atomic E-state index is 4.52. The van der Waals surface area contributed by atoms with Crippen molar-refractivity contribution >= 4 is 47.0 Å². The van der Waals surface area contributed by atoms with Crippen molar-refractivity contribution in [3.05, 3.63) is 46.4 Å². The van der Waals surface area contributed by atoms with Gasteiger partial charge in [-0.3, -0.25) is 4.99 Å². The summed E-state index contributed by atoms with van der Waals surface area (Å²) in [7, 11) is 3.87. The van der Waals surface area contributed by atoms with Gasteiger partial charge in [-0.1, -0.05) is 18.2 Å². The maximum Gasteiger partial charge on any atom is 0.193 e. The van der Waals surface area contributed by atoms with Gasteiger partial charge < -0.3 is 15.1 Å². The smallest absolute Gasteiger partial charge is 0.193 e. The minimum absolute atomic E-state index is 0. The summed E-state index contributed by atoms with van der Waals surface area (Å²) in [5.74, 6) is 0.911. The average molecular weight is 487 g/mol. The maximum absolute atomic E-state index is 4.52. The Hall–Kier alpha value is -1.35. The number of thiazole rings is 1. The van der Waals surface area contributed by atoms with Gasteiger partial charge >= 0.3 is 0 Å². The first-order chi connectivity index (χ1) is 12.1. The topological polar surface area (TPSA) is 43.8 Å². The molecular formula is C19H30IN5S. The van der Waals surface area contributed by atoms with Crippen molar-refractivity contribution in [2.45, 2.75) is 26.8 Å². The van der Waals surface area contributed by atoms with E-state index in [0.29, 0.717) is 0 Å². The van der Waals surface area contributed by atoms with Gasteiger partial charge in [-0.25, -0.2) is 4.98 Å². The molecule has 0 aliphatic rings. The van der Waals surface area contributed by atoms with Crippen LogP contribution in [0.1, 0.15) is 24.0 Å². The lowest BCUT2D eigenvalue weighted by Gasteiger charge is -2.24. The van der Waals surface area contributed by atoms with Crippen LogP contribution in [0.4, 0.5) is 5.69 Å². The lowest BCUT2D eigenvalue weighted by Crippen LogP contribution is -2.39. The summed E-state index contributed by atoms with van der Waals surface area (Å²) in [5.41, 5.74) is 2.37. The molecule has 0 spiro atoms. The SMILES string of the molecule is CCN(CCCNC(=NC)N(C)Cc1csc(C)n1)c1ccccc1.I. The van der Waals surface area contributed by atoms with Crippen LogP contribution in [0.2, 0.25) is 0 Å². The number of nitrogens with one attached hydrogen (secondary N) is 1. The van der Waals surface area contributed by atoms with Gasteiger partial charge in [-0.15, -0.1) is 35.3 Å². The first kappa shape index (κ1) is 22.7. The van der Waals surface area contributed by atoms with Crippen molar-refractivity contribution in [3.8, 4) is 0 Å². The summed E-state index contributed by atoms with van der Waals surface area (Å²) in [4.78, 5) is 13.4. The predicted octanol–water partition coefficient (Wildman–Crippen LogP) is 3.99. The summed E-state index contributed by atoms with van der Waals surface area (Å²) < 4.78 is 0. The van der Waals surface area contributed by atoms with E-state index in [1.165, 1.54) is 5.69 Å². The molecule has 0 radical (unpaired) electrons. The highest BCUT2D eigenvalue weighted by Crippen LogP contribution is 2.13. The molecule has 0 atom stereocenters. The highest BCUT2D eigenvalue weighted by molar-refractivity contribution is 14.0. The van der Waals surface area contributed by atoms with Gasteiger partial charge in [0.15, 0.2) is 5.96 Å². The van der Waals surface area contributed by atoms with Crippen LogP contribution < -0.4 is 10.2 Å². The monoisotopic (exact) mass is 487 g/mol. The van der Waals surface area contributed by atoms with E-state index in [-0.39, 0.29) is 24.0 Å². The molecule has 0 aliphatic carbocycles. The summed E-state index contributed by atoms with van der Waals surface area (Å²) in [5, 5.41) is 6.66. The molecule has 0 amide bonds. The number of guanidine groups is 1. The van der Waals surface area contributed by atoms with Crippen LogP contribution in [0.15, 0.2) is 40.7 Å². The average Bonchev–Trinajstić information content (AvgIpc) is 3.03. The molecule has 5 nitrogen and oxygen atoms in total. The summed E-state index contributed by atoms with van der Waals surface area (Å²) in [6, 6.07) is 10.6. The van der Waals surface area contributed by atoms with E-state index >= 15 is 0 Å². The summed E-state index contributed by atoms with van der Waals surface area (Å²) in [6.45, 7) is 7.95. The number of anilines is 1. The third-order valence-electron chi connectivity index (χ3n) is 4.03. The molecule has 1 heterocycles. The Morgan fingerprint density at radius 2 is 2.00 bits per heavy atom. The Balaban J connectivity index is 0.00000338. The zero-order valence-corrected chi connectivity index (χ0v) is 19.3. The number of aliphatic imine (C=N–C) groups is 1. The molecule has 0 aliphatic heterocycles. The predicted molar refractivity (Wildman–Crippen MR) is 124 cm³/mol. The molecule has 0 unspecified atom stereocenters. The molecule has 2 aromatic rings. The highest BCUT2D eigenvalue weighted by atomic mass is 127. The van der Waals surface area contributed by atoms with Gasteiger partial charge in [-0.2, -0.15) is 0 Å². The number of benzene rings is 1. The van der Waals surface area contributed by atoms with Crippen LogP contribution in [0.25, 0.3) is 0 Å². The molecule has 0 saturated carbocycles. The van der Waals surface area contributed by atoms with Gasteiger partial charge in [0.05, 0.1) is 17.2 Å². The quantitative estimate of drug-likeness (QED) is 0.265. The van der Waals surface area contributed by atoms with E-state index < -0.39 is 0 Å². The number of hydrogen-bond donors (Lipinski definition) is 1. The third-order valence-corrected chi connectivity index (χ3v) is 4.85. The zero-order valence-electron chi connectivity index (χ0n) is 16.1. The van der Waals surface area contributed by atoms with Crippen molar-refractivity contribution in [2.75, 3.05) is 38.6 Å². The Bertz CT molecular complexity index is 659. The Kier molecular flexibility index (Phi) is 10.6. The molecule has 0 saturated heterocycles. The normalized spacial score (nSPS) is 11.0. The first-order valence-electron chi connectivity index (χ1n) is 8.76. The highest BCUT2D eigenvalue weighted by Gasteiger charge is 2.09. The van der Waals surface area contributed by atoms with Gasteiger partial charge in [0.2, 0.25) is 0 Å². The van der Waals surface area contributed by atoms with E-state index in [4.69, 9.17) is 0 Å². The van der Waals surface area contributed by atoms with Gasteiger partial charge in [0.1, 0.15) is 0 Å². The van der Waals surface area contributed by atoms with Crippen LogP contribution >= 0.6 is 35.3 Å². The Labute approximate surface area is 178 Å². The molecule has 0 bridgehead atoms. The second kappa shape index (κ2) is 12.1. The van der Waals surface area contributed by atoms with Crippen molar-refractivity contribution in [2.24, 2.45) is 4.99 Å². The number of halogens is 1. The largest absolute Gasteiger partial charge is 0.372 e. The van der Waals surface area contributed by atoms with Crippen molar-refractivity contribution in [3.63, 3.8) is 0 Å². The molecule has 1 aromatic carbocycles. The number of aryl methyl sites for hydroxylation is 1. The number of aromatic nitrogens is 1. The number of nitrogens with zero attached hydrogens (tertiary/aromatic N) is 4.